The molecule has 0 aliphatic carbocycles. The van der Waals surface area contributed by atoms with Crippen molar-refractivity contribution >= 4 is 28.4 Å². The number of thioether (sulfide) groups is 1. The predicted octanol–water partition coefficient (Wildman–Crippen LogP) is 9.10. The average molecular weight is 625 g/mol. The molecule has 0 spiro atoms. The first-order valence-electron chi connectivity index (χ1n) is 16.1. The maximum Gasteiger partial charge on any atom is 0.219 e. The molecule has 0 unspecified atom stereocenters. The molecule has 2 rings (SSSR count). The van der Waals surface area contributed by atoms with Gasteiger partial charge in [-0.05, 0) is 79.7 Å². The number of carbonyl (C=O) groups is 1. The van der Waals surface area contributed by atoms with Crippen LogP contribution in [0.4, 0.5) is 0 Å². The van der Waals surface area contributed by atoms with Crippen LogP contribution >= 0.6 is 11.8 Å². The fourth-order valence-corrected chi connectivity index (χ4v) is 4.03. The molecule has 2 aromatic carbocycles. The SMILES string of the molecule is C=C(CC)N(C)C.C=C(N=C(C)SC)c1ccc(CC)c(C)c1.CCC(=O)NCCNC(C)C.CCc1ccccc1CC. The maximum atomic E-state index is 10.7. The molecule has 0 radical (unpaired) electrons. The second-order valence-electron chi connectivity index (χ2n) is 10.9. The smallest absolute Gasteiger partial charge is 0.219 e. The van der Waals surface area contributed by atoms with E-state index >= 15 is 0 Å². The molecule has 248 valence electrons. The Hall–Kier alpha value is -2.83. The van der Waals surface area contributed by atoms with E-state index in [2.05, 4.69) is 120 Å². The summed E-state index contributed by atoms with van der Waals surface area (Å²) in [6.07, 6.45) is 7.03. The Labute approximate surface area is 276 Å². The van der Waals surface area contributed by atoms with Crippen molar-refractivity contribution in [3.05, 3.63) is 89.1 Å². The lowest BCUT2D eigenvalue weighted by Gasteiger charge is -2.12. The van der Waals surface area contributed by atoms with Crippen molar-refractivity contribution in [1.29, 1.82) is 0 Å². The predicted molar refractivity (Wildman–Crippen MR) is 201 cm³/mol. The number of hydrogen-bond acceptors (Lipinski definition) is 5. The molecule has 0 aliphatic rings. The third-order valence-corrected chi connectivity index (χ3v) is 7.57. The molecule has 0 saturated heterocycles. The first-order valence-corrected chi connectivity index (χ1v) is 17.3. The van der Waals surface area contributed by atoms with Crippen LogP contribution in [0.25, 0.3) is 5.70 Å². The zero-order valence-corrected chi connectivity index (χ0v) is 31.0. The molecule has 1 amide bonds. The summed E-state index contributed by atoms with van der Waals surface area (Å²) in [6, 6.07) is 15.6. The van der Waals surface area contributed by atoms with Crippen molar-refractivity contribution in [1.82, 2.24) is 15.5 Å². The quantitative estimate of drug-likeness (QED) is 0.141. The van der Waals surface area contributed by atoms with Crippen LogP contribution in [0.15, 0.2) is 66.3 Å². The average Bonchev–Trinajstić information content (AvgIpc) is 3.02. The highest BCUT2D eigenvalue weighted by atomic mass is 32.2. The summed E-state index contributed by atoms with van der Waals surface area (Å²) < 4.78 is 0. The Morgan fingerprint density at radius 2 is 1.43 bits per heavy atom. The molecular formula is C38H64N4OS. The lowest BCUT2D eigenvalue weighted by atomic mass is 10.0. The molecule has 0 bridgehead atoms. The van der Waals surface area contributed by atoms with E-state index in [4.69, 9.17) is 0 Å². The van der Waals surface area contributed by atoms with Crippen molar-refractivity contribution in [2.75, 3.05) is 33.4 Å². The number of amides is 1. The number of benzene rings is 2. The van der Waals surface area contributed by atoms with Crippen LogP contribution in [0.5, 0.6) is 0 Å². The summed E-state index contributed by atoms with van der Waals surface area (Å²) >= 11 is 1.65. The van der Waals surface area contributed by atoms with Gasteiger partial charge in [0.05, 0.1) is 10.7 Å². The summed E-state index contributed by atoms with van der Waals surface area (Å²) in [4.78, 5) is 17.2. The minimum atomic E-state index is 0.121. The third-order valence-electron chi connectivity index (χ3n) is 6.89. The molecule has 0 saturated carbocycles. The number of allylic oxidation sites excluding steroid dienone is 1. The lowest BCUT2D eigenvalue weighted by molar-refractivity contribution is -0.120. The van der Waals surface area contributed by atoms with Gasteiger partial charge in [0.1, 0.15) is 0 Å². The Morgan fingerprint density at radius 1 is 0.886 bits per heavy atom. The standard InChI is InChI=1S/C14H19NS.C10H14.C8H18N2O.C6H13N/c1-6-13-7-8-14(9-10(13)2)11(3)15-12(4)16-5;1-3-9-7-5-6-8-10(9)4-2;1-4-8(11)10-6-5-9-7(2)3;1-5-6(2)7(3)4/h7-9H,3,6H2,1-2,4-5H3;5-8H,3-4H2,1-2H3;7,9H,4-6H2,1-3H3,(H,10,11);2,5H2,1,3-4H3. The number of hydrogen-bond donors (Lipinski definition) is 2. The summed E-state index contributed by atoms with van der Waals surface area (Å²) in [5, 5.41) is 7.04. The highest BCUT2D eigenvalue weighted by molar-refractivity contribution is 8.13. The number of carbonyl (C=O) groups excluding carboxylic acids is 1. The molecular weight excluding hydrogens is 561 g/mol. The van der Waals surface area contributed by atoms with Crippen molar-refractivity contribution in [3.8, 4) is 0 Å². The number of aliphatic imine (C=N–C) groups is 1. The first kappa shape index (κ1) is 43.3. The largest absolute Gasteiger partial charge is 0.381 e. The van der Waals surface area contributed by atoms with Crippen molar-refractivity contribution in [3.63, 3.8) is 0 Å². The van der Waals surface area contributed by atoms with E-state index in [-0.39, 0.29) is 5.91 Å². The molecule has 0 aromatic heterocycles. The molecule has 2 aromatic rings. The van der Waals surface area contributed by atoms with Gasteiger partial charge >= 0.3 is 0 Å². The normalized spacial score (nSPS) is 10.3. The molecule has 2 N–H and O–H groups in total. The molecule has 0 aliphatic heterocycles. The van der Waals surface area contributed by atoms with Crippen LogP contribution in [-0.4, -0.2) is 55.3 Å². The summed E-state index contributed by atoms with van der Waals surface area (Å²) in [7, 11) is 4.01. The molecule has 5 nitrogen and oxygen atoms in total. The number of nitrogens with one attached hydrogen (secondary N) is 2. The van der Waals surface area contributed by atoms with Crippen LogP contribution in [0.3, 0.4) is 0 Å². The summed E-state index contributed by atoms with van der Waals surface area (Å²) in [5.74, 6) is 0.121. The van der Waals surface area contributed by atoms with Gasteiger partial charge in [-0.3, -0.25) is 4.79 Å². The van der Waals surface area contributed by atoms with Gasteiger partial charge in [-0.2, -0.15) is 0 Å². The number of rotatable bonds is 12. The van der Waals surface area contributed by atoms with E-state index in [0.717, 1.165) is 55.1 Å². The topological polar surface area (TPSA) is 56.7 Å². The van der Waals surface area contributed by atoms with Gasteiger partial charge in [-0.15, -0.1) is 11.8 Å². The van der Waals surface area contributed by atoms with Crippen LogP contribution in [0, 0.1) is 6.92 Å². The Bertz CT molecular complexity index is 1100. The van der Waals surface area contributed by atoms with Crippen molar-refractivity contribution in [2.45, 2.75) is 100 Å². The monoisotopic (exact) mass is 624 g/mol. The minimum Gasteiger partial charge on any atom is -0.381 e. The van der Waals surface area contributed by atoms with Gasteiger partial charge in [-0.1, -0.05) is 98.0 Å². The fourth-order valence-electron chi connectivity index (χ4n) is 3.82. The lowest BCUT2D eigenvalue weighted by Crippen LogP contribution is -2.34. The van der Waals surface area contributed by atoms with Gasteiger partial charge in [-0.25, -0.2) is 4.99 Å². The molecule has 6 heteroatoms. The highest BCUT2D eigenvalue weighted by Gasteiger charge is 2.02. The zero-order chi connectivity index (χ0) is 34.1. The van der Waals surface area contributed by atoms with E-state index in [9.17, 15) is 4.79 Å². The van der Waals surface area contributed by atoms with Crippen LogP contribution in [-0.2, 0) is 24.1 Å². The van der Waals surface area contributed by atoms with Gasteiger partial charge in [0.2, 0.25) is 5.91 Å². The molecule has 0 heterocycles. The minimum absolute atomic E-state index is 0.121. The van der Waals surface area contributed by atoms with Crippen LogP contribution < -0.4 is 10.6 Å². The van der Waals surface area contributed by atoms with Gasteiger partial charge < -0.3 is 15.5 Å². The Morgan fingerprint density at radius 3 is 1.80 bits per heavy atom. The number of nitrogens with zero attached hydrogens (tertiary/aromatic N) is 2. The highest BCUT2D eigenvalue weighted by Crippen LogP contribution is 2.19. The van der Waals surface area contributed by atoms with Gasteiger partial charge in [0.15, 0.2) is 0 Å². The summed E-state index contributed by atoms with van der Waals surface area (Å²) in [5.41, 5.74) is 8.83. The van der Waals surface area contributed by atoms with E-state index in [1.54, 1.807) is 11.8 Å². The second kappa shape index (κ2) is 26.6. The zero-order valence-electron chi connectivity index (χ0n) is 30.2. The Kier molecular flexibility index (Phi) is 26.1. The van der Waals surface area contributed by atoms with E-state index in [0.29, 0.717) is 12.5 Å². The van der Waals surface area contributed by atoms with E-state index < -0.39 is 0 Å². The van der Waals surface area contributed by atoms with E-state index in [1.165, 1.54) is 28.0 Å². The van der Waals surface area contributed by atoms with Crippen LogP contribution in [0.2, 0.25) is 0 Å². The van der Waals surface area contributed by atoms with Crippen molar-refractivity contribution in [2.24, 2.45) is 4.99 Å². The van der Waals surface area contributed by atoms with Gasteiger partial charge in [0, 0.05) is 45.3 Å². The van der Waals surface area contributed by atoms with Gasteiger partial charge in [0.25, 0.3) is 0 Å². The van der Waals surface area contributed by atoms with E-state index in [1.807, 2.05) is 39.1 Å². The molecule has 44 heavy (non-hydrogen) atoms. The molecule has 0 fully saturated rings. The number of aryl methyl sites for hydroxylation is 4. The van der Waals surface area contributed by atoms with Crippen LogP contribution in [0.1, 0.15) is 96.0 Å². The molecule has 0 atom stereocenters. The second-order valence-corrected chi connectivity index (χ2v) is 11.9. The van der Waals surface area contributed by atoms with Crippen molar-refractivity contribution < 1.29 is 4.79 Å². The fraction of sp³-hybridized carbons (Fsp3) is 0.526. The maximum absolute atomic E-state index is 10.7. The third kappa shape index (κ3) is 21.0. The summed E-state index contributed by atoms with van der Waals surface area (Å²) in [6.45, 7) is 28.2. The first-order chi connectivity index (χ1) is 20.8. The Balaban J connectivity index is 0.